The minimum atomic E-state index is 0.533. The third kappa shape index (κ3) is 4.20. The van der Waals surface area contributed by atoms with Crippen molar-refractivity contribution in [3.63, 3.8) is 0 Å². The maximum Gasteiger partial charge on any atom is 0.0701 e. The lowest BCUT2D eigenvalue weighted by Crippen LogP contribution is -2.05. The van der Waals surface area contributed by atoms with E-state index in [0.717, 1.165) is 5.92 Å². The molecular weight excluding hydrogens is 336 g/mol. The van der Waals surface area contributed by atoms with Crippen LogP contribution in [0.5, 0.6) is 0 Å². The van der Waals surface area contributed by atoms with Gasteiger partial charge in [-0.1, -0.05) is 49.0 Å². The van der Waals surface area contributed by atoms with Crippen LogP contribution in [0.1, 0.15) is 49.2 Å². The summed E-state index contributed by atoms with van der Waals surface area (Å²) in [6, 6.07) is 4.36. The molecule has 15 heavy (non-hydrogen) atoms. The average molecular weight is 354 g/mol. The molecule has 3 heteroatoms. The van der Waals surface area contributed by atoms with Gasteiger partial charge in [0.05, 0.1) is 8.61 Å². The topological polar surface area (TPSA) is 0 Å². The zero-order valence-electron chi connectivity index (χ0n) is 9.30. The minimum Gasteiger partial charge on any atom is -0.132 e. The Morgan fingerprint density at radius 1 is 1.33 bits per heavy atom. The smallest absolute Gasteiger partial charge is 0.0701 e. The van der Waals surface area contributed by atoms with E-state index in [0.29, 0.717) is 4.83 Å². The summed E-state index contributed by atoms with van der Waals surface area (Å²) in [4.78, 5) is 1.98. The van der Waals surface area contributed by atoms with Crippen LogP contribution in [-0.4, -0.2) is 0 Å². The number of thiophene rings is 1. The summed E-state index contributed by atoms with van der Waals surface area (Å²) >= 11 is 9.21. The molecule has 1 aromatic rings. The summed E-state index contributed by atoms with van der Waals surface area (Å²) in [5.74, 6) is 0.774. The fourth-order valence-electron chi connectivity index (χ4n) is 1.73. The predicted octanol–water partition coefficient (Wildman–Crippen LogP) is 6.16. The van der Waals surface area contributed by atoms with E-state index in [2.05, 4.69) is 57.8 Å². The number of alkyl halides is 1. The number of rotatable bonds is 6. The van der Waals surface area contributed by atoms with Crippen LogP contribution in [0.25, 0.3) is 0 Å². The molecule has 0 N–H and O–H groups in total. The Balaban J connectivity index is 2.59. The van der Waals surface area contributed by atoms with Crippen LogP contribution in [0.3, 0.4) is 0 Å². The lowest BCUT2D eigenvalue weighted by atomic mass is 9.95. The molecular formula is C12H18Br2S. The van der Waals surface area contributed by atoms with E-state index in [9.17, 15) is 0 Å². The first-order chi connectivity index (χ1) is 7.19. The standard InChI is InChI=1S/C12H18Br2S/c1-3-5-6-9(4-2)12(14)10-7-8-11(13)15-10/h7-9,12H,3-6H2,1-2H3. The lowest BCUT2D eigenvalue weighted by molar-refractivity contribution is 0.449. The molecule has 1 aromatic heterocycles. The average Bonchev–Trinajstić information content (AvgIpc) is 2.65. The van der Waals surface area contributed by atoms with Crippen molar-refractivity contribution in [2.75, 3.05) is 0 Å². The molecule has 0 aliphatic heterocycles. The summed E-state index contributed by atoms with van der Waals surface area (Å²) in [5, 5.41) is 0. The molecule has 86 valence electrons. The molecule has 0 radical (unpaired) electrons. The predicted molar refractivity (Wildman–Crippen MR) is 77.0 cm³/mol. The van der Waals surface area contributed by atoms with Crippen LogP contribution in [0.4, 0.5) is 0 Å². The van der Waals surface area contributed by atoms with Gasteiger partial charge in [-0.25, -0.2) is 0 Å². The van der Waals surface area contributed by atoms with Gasteiger partial charge in [0, 0.05) is 4.88 Å². The molecule has 2 atom stereocenters. The zero-order chi connectivity index (χ0) is 11.3. The maximum atomic E-state index is 3.85. The molecule has 0 saturated heterocycles. The molecule has 2 unspecified atom stereocenters. The van der Waals surface area contributed by atoms with Gasteiger partial charge in [0.15, 0.2) is 0 Å². The minimum absolute atomic E-state index is 0.533. The van der Waals surface area contributed by atoms with E-state index in [1.54, 1.807) is 0 Å². The van der Waals surface area contributed by atoms with Gasteiger partial charge in [-0.2, -0.15) is 0 Å². The largest absolute Gasteiger partial charge is 0.132 e. The second kappa shape index (κ2) is 7.08. The van der Waals surface area contributed by atoms with E-state index in [-0.39, 0.29) is 0 Å². The van der Waals surface area contributed by atoms with Gasteiger partial charge in [0.25, 0.3) is 0 Å². The van der Waals surface area contributed by atoms with Gasteiger partial charge < -0.3 is 0 Å². The Morgan fingerprint density at radius 3 is 2.53 bits per heavy atom. The molecule has 0 aromatic carbocycles. The van der Waals surface area contributed by atoms with Crippen LogP contribution >= 0.6 is 43.2 Å². The Kier molecular flexibility index (Phi) is 6.48. The third-order valence-corrected chi connectivity index (χ3v) is 5.98. The van der Waals surface area contributed by atoms with Crippen molar-refractivity contribution in [1.82, 2.24) is 0 Å². The lowest BCUT2D eigenvalue weighted by Gasteiger charge is -2.19. The van der Waals surface area contributed by atoms with Gasteiger partial charge in [0.1, 0.15) is 0 Å². The van der Waals surface area contributed by atoms with E-state index < -0.39 is 0 Å². The summed E-state index contributed by atoms with van der Waals surface area (Å²) < 4.78 is 1.23. The zero-order valence-corrected chi connectivity index (χ0v) is 13.3. The highest BCUT2D eigenvalue weighted by Gasteiger charge is 2.19. The molecule has 0 nitrogen and oxygen atoms in total. The van der Waals surface area contributed by atoms with Gasteiger partial charge >= 0.3 is 0 Å². The summed E-state index contributed by atoms with van der Waals surface area (Å²) in [5.41, 5.74) is 0. The first-order valence-electron chi connectivity index (χ1n) is 5.58. The first-order valence-corrected chi connectivity index (χ1v) is 8.10. The number of unbranched alkanes of at least 4 members (excludes halogenated alkanes) is 1. The monoisotopic (exact) mass is 352 g/mol. The molecule has 0 amide bonds. The van der Waals surface area contributed by atoms with Crippen LogP contribution in [0.15, 0.2) is 15.9 Å². The van der Waals surface area contributed by atoms with Gasteiger partial charge in [-0.15, -0.1) is 11.3 Å². The SMILES string of the molecule is CCCCC(CC)C(Br)c1ccc(Br)s1. The van der Waals surface area contributed by atoms with Crippen molar-refractivity contribution in [2.45, 2.75) is 44.4 Å². The fourth-order valence-corrected chi connectivity index (χ4v) is 4.30. The van der Waals surface area contributed by atoms with Crippen molar-refractivity contribution in [2.24, 2.45) is 5.92 Å². The van der Waals surface area contributed by atoms with Crippen molar-refractivity contribution >= 4 is 43.2 Å². The molecule has 1 rings (SSSR count). The molecule has 1 heterocycles. The number of halogens is 2. The van der Waals surface area contributed by atoms with Crippen LogP contribution in [0, 0.1) is 5.92 Å². The quantitative estimate of drug-likeness (QED) is 0.537. The molecule has 0 saturated carbocycles. The Morgan fingerprint density at radius 2 is 2.07 bits per heavy atom. The Hall–Kier alpha value is 0.660. The summed E-state index contributed by atoms with van der Waals surface area (Å²) in [6.45, 7) is 4.55. The number of hydrogen-bond donors (Lipinski definition) is 0. The fraction of sp³-hybridized carbons (Fsp3) is 0.667. The first kappa shape index (κ1) is 13.7. The summed E-state index contributed by atoms with van der Waals surface area (Å²) in [6.07, 6.45) is 5.22. The van der Waals surface area contributed by atoms with E-state index in [1.807, 2.05) is 11.3 Å². The molecule has 0 aliphatic rings. The van der Waals surface area contributed by atoms with Crippen LogP contribution < -0.4 is 0 Å². The normalized spacial score (nSPS) is 15.2. The van der Waals surface area contributed by atoms with E-state index in [1.165, 1.54) is 34.3 Å². The van der Waals surface area contributed by atoms with Gasteiger partial charge in [0.2, 0.25) is 0 Å². The van der Waals surface area contributed by atoms with Gasteiger partial charge in [-0.3, -0.25) is 0 Å². The highest BCUT2D eigenvalue weighted by Crippen LogP contribution is 2.40. The second-order valence-corrected chi connectivity index (χ2v) is 7.34. The van der Waals surface area contributed by atoms with Crippen molar-refractivity contribution in [1.29, 1.82) is 0 Å². The Bertz CT molecular complexity index is 283. The van der Waals surface area contributed by atoms with E-state index >= 15 is 0 Å². The van der Waals surface area contributed by atoms with Gasteiger partial charge in [-0.05, 0) is 40.4 Å². The Labute approximate surface area is 114 Å². The second-order valence-electron chi connectivity index (χ2n) is 3.85. The van der Waals surface area contributed by atoms with E-state index in [4.69, 9.17) is 0 Å². The van der Waals surface area contributed by atoms with Crippen LogP contribution in [-0.2, 0) is 0 Å². The summed E-state index contributed by atoms with van der Waals surface area (Å²) in [7, 11) is 0. The highest BCUT2D eigenvalue weighted by atomic mass is 79.9. The van der Waals surface area contributed by atoms with Crippen LogP contribution in [0.2, 0.25) is 0 Å². The highest BCUT2D eigenvalue weighted by molar-refractivity contribution is 9.11. The third-order valence-electron chi connectivity index (χ3n) is 2.73. The van der Waals surface area contributed by atoms with Crippen molar-refractivity contribution in [3.05, 3.63) is 20.8 Å². The molecule has 0 bridgehead atoms. The van der Waals surface area contributed by atoms with Crippen molar-refractivity contribution in [3.8, 4) is 0 Å². The van der Waals surface area contributed by atoms with Crippen molar-refractivity contribution < 1.29 is 0 Å². The number of hydrogen-bond acceptors (Lipinski definition) is 1. The molecule has 0 fully saturated rings. The molecule has 0 spiro atoms. The maximum absolute atomic E-state index is 3.85. The molecule has 0 aliphatic carbocycles.